The summed E-state index contributed by atoms with van der Waals surface area (Å²) in [6.45, 7) is 1.89. The molecule has 1 N–H and O–H groups in total. The van der Waals surface area contributed by atoms with Crippen molar-refractivity contribution in [1.29, 1.82) is 0 Å². The molecule has 0 fully saturated rings. The molecule has 1 aromatic carbocycles. The van der Waals surface area contributed by atoms with Gasteiger partial charge in [0.05, 0.1) is 10.7 Å². The molecule has 0 radical (unpaired) electrons. The Balaban J connectivity index is 3.01. The fourth-order valence-electron chi connectivity index (χ4n) is 0.933. The third-order valence-corrected chi connectivity index (χ3v) is 3.60. The first-order valence-electron chi connectivity index (χ1n) is 4.29. The Bertz CT molecular complexity index is 457. The molecule has 1 aromatic rings. The van der Waals surface area contributed by atoms with E-state index in [4.69, 9.17) is 11.6 Å². The molecule has 0 aromatic heterocycles. The predicted molar refractivity (Wildman–Crippen MR) is 62.4 cm³/mol. The topological polar surface area (TPSA) is 49.4 Å². The molecule has 0 bridgehead atoms. The van der Waals surface area contributed by atoms with Crippen molar-refractivity contribution in [2.75, 3.05) is 18.8 Å². The lowest BCUT2D eigenvalue weighted by atomic mass is 10.2. The van der Waals surface area contributed by atoms with Crippen LogP contribution in [-0.4, -0.2) is 26.8 Å². The van der Waals surface area contributed by atoms with E-state index in [1.54, 1.807) is 18.2 Å². The first-order valence-corrected chi connectivity index (χ1v) is 6.11. The Kier molecular flexibility index (Phi) is 3.59. The molecule has 0 saturated heterocycles. The second kappa shape index (κ2) is 4.38. The summed E-state index contributed by atoms with van der Waals surface area (Å²) >= 11 is 5.89. The van der Waals surface area contributed by atoms with Crippen molar-refractivity contribution < 1.29 is 8.42 Å². The third kappa shape index (κ3) is 3.09. The van der Waals surface area contributed by atoms with Gasteiger partial charge >= 0.3 is 10.2 Å². The largest absolute Gasteiger partial charge is 0.301 e. The summed E-state index contributed by atoms with van der Waals surface area (Å²) in [6, 6.07) is 5.13. The van der Waals surface area contributed by atoms with Crippen LogP contribution in [0.5, 0.6) is 0 Å². The summed E-state index contributed by atoms with van der Waals surface area (Å²) in [5.41, 5.74) is 1.36. The molecule has 0 spiro atoms. The van der Waals surface area contributed by atoms with Crippen LogP contribution in [0.2, 0.25) is 5.02 Å². The normalized spacial score (nSPS) is 11.8. The second-order valence-corrected chi connectivity index (χ2v) is 5.66. The molecule has 0 atom stereocenters. The third-order valence-electron chi connectivity index (χ3n) is 1.84. The fourth-order valence-corrected chi connectivity index (χ4v) is 1.91. The fraction of sp³-hybridized carbons (Fsp3) is 0.333. The Labute approximate surface area is 95.0 Å². The number of halogens is 1. The molecule has 15 heavy (non-hydrogen) atoms. The number of nitrogens with one attached hydrogen (secondary N) is 1. The highest BCUT2D eigenvalue weighted by molar-refractivity contribution is 7.90. The van der Waals surface area contributed by atoms with Gasteiger partial charge in [-0.05, 0) is 24.6 Å². The number of hydrogen-bond donors (Lipinski definition) is 1. The Hall–Kier alpha value is -0.780. The van der Waals surface area contributed by atoms with E-state index in [0.29, 0.717) is 10.7 Å². The Morgan fingerprint density at radius 2 is 1.93 bits per heavy atom. The highest BCUT2D eigenvalue weighted by Crippen LogP contribution is 2.23. The zero-order chi connectivity index (χ0) is 11.6. The summed E-state index contributed by atoms with van der Waals surface area (Å²) in [6.07, 6.45) is 0. The Morgan fingerprint density at radius 3 is 2.40 bits per heavy atom. The number of benzene rings is 1. The van der Waals surface area contributed by atoms with Crippen molar-refractivity contribution in [2.24, 2.45) is 0 Å². The summed E-state index contributed by atoms with van der Waals surface area (Å²) in [7, 11) is -0.590. The van der Waals surface area contributed by atoms with Crippen molar-refractivity contribution in [3.8, 4) is 0 Å². The van der Waals surface area contributed by atoms with Crippen LogP contribution in [-0.2, 0) is 10.2 Å². The van der Waals surface area contributed by atoms with Crippen LogP contribution in [0.1, 0.15) is 5.56 Å². The van der Waals surface area contributed by atoms with Crippen molar-refractivity contribution in [2.45, 2.75) is 6.92 Å². The van der Waals surface area contributed by atoms with Gasteiger partial charge in [-0.3, -0.25) is 4.72 Å². The first-order chi connectivity index (χ1) is 6.83. The van der Waals surface area contributed by atoms with Gasteiger partial charge in [0.25, 0.3) is 0 Å². The summed E-state index contributed by atoms with van der Waals surface area (Å²) in [5.74, 6) is 0. The molecular weight excluding hydrogens is 236 g/mol. The van der Waals surface area contributed by atoms with E-state index in [-0.39, 0.29) is 0 Å². The molecular formula is C9H13ClN2O2S. The van der Waals surface area contributed by atoms with Crippen LogP contribution in [0.4, 0.5) is 5.69 Å². The van der Waals surface area contributed by atoms with Crippen LogP contribution in [0.3, 0.4) is 0 Å². The van der Waals surface area contributed by atoms with E-state index in [0.717, 1.165) is 9.87 Å². The van der Waals surface area contributed by atoms with Crippen LogP contribution < -0.4 is 4.72 Å². The summed E-state index contributed by atoms with van der Waals surface area (Å²) in [4.78, 5) is 0. The van der Waals surface area contributed by atoms with Gasteiger partial charge in [-0.15, -0.1) is 0 Å². The summed E-state index contributed by atoms with van der Waals surface area (Å²) < 4.78 is 26.5. The Morgan fingerprint density at radius 1 is 1.33 bits per heavy atom. The maximum absolute atomic E-state index is 11.5. The van der Waals surface area contributed by atoms with E-state index in [2.05, 4.69) is 4.72 Å². The van der Waals surface area contributed by atoms with Gasteiger partial charge in [-0.25, -0.2) is 0 Å². The van der Waals surface area contributed by atoms with Crippen molar-refractivity contribution in [3.05, 3.63) is 28.8 Å². The summed E-state index contributed by atoms with van der Waals surface area (Å²) in [5, 5.41) is 0.389. The maximum atomic E-state index is 11.5. The van der Waals surface area contributed by atoms with E-state index in [1.807, 2.05) is 6.92 Å². The quantitative estimate of drug-likeness (QED) is 0.888. The molecule has 0 aliphatic carbocycles. The monoisotopic (exact) mass is 248 g/mol. The molecule has 84 valence electrons. The van der Waals surface area contributed by atoms with Gasteiger partial charge in [0.15, 0.2) is 0 Å². The smallest absolute Gasteiger partial charge is 0.269 e. The minimum atomic E-state index is -3.49. The standard InChI is InChI=1S/C9H13ClN2O2S/c1-7-4-5-9(8(10)6-7)11-15(13,14)12(2)3/h4-6,11H,1-3H3. The molecule has 0 amide bonds. The zero-order valence-corrected chi connectivity index (χ0v) is 10.4. The molecule has 1 rings (SSSR count). The SMILES string of the molecule is Cc1ccc(NS(=O)(=O)N(C)C)c(Cl)c1. The number of aryl methyl sites for hydroxylation is 1. The first kappa shape index (κ1) is 12.3. The van der Waals surface area contributed by atoms with Gasteiger partial charge in [-0.1, -0.05) is 17.7 Å². The predicted octanol–water partition coefficient (Wildman–Crippen LogP) is 1.87. The molecule has 4 nitrogen and oxygen atoms in total. The molecule has 0 aliphatic heterocycles. The molecule has 0 heterocycles. The van der Waals surface area contributed by atoms with Gasteiger partial charge < -0.3 is 0 Å². The minimum Gasteiger partial charge on any atom is -0.269 e. The lowest BCUT2D eigenvalue weighted by molar-refractivity contribution is 0.527. The minimum absolute atomic E-state index is 0.385. The van der Waals surface area contributed by atoms with Crippen molar-refractivity contribution in [3.63, 3.8) is 0 Å². The molecule has 6 heteroatoms. The number of hydrogen-bond acceptors (Lipinski definition) is 2. The maximum Gasteiger partial charge on any atom is 0.301 e. The molecule has 0 saturated carbocycles. The lowest BCUT2D eigenvalue weighted by Crippen LogP contribution is -2.29. The van der Waals surface area contributed by atoms with Crippen LogP contribution in [0, 0.1) is 6.92 Å². The van der Waals surface area contributed by atoms with Gasteiger partial charge in [-0.2, -0.15) is 12.7 Å². The average Bonchev–Trinajstić information content (AvgIpc) is 2.09. The van der Waals surface area contributed by atoms with E-state index in [1.165, 1.54) is 14.1 Å². The molecule has 0 aliphatic rings. The van der Waals surface area contributed by atoms with E-state index in [9.17, 15) is 8.42 Å². The van der Waals surface area contributed by atoms with Crippen LogP contribution in [0.15, 0.2) is 18.2 Å². The number of rotatable bonds is 3. The zero-order valence-electron chi connectivity index (χ0n) is 8.78. The van der Waals surface area contributed by atoms with Crippen LogP contribution >= 0.6 is 11.6 Å². The lowest BCUT2D eigenvalue weighted by Gasteiger charge is -2.14. The molecule has 0 unspecified atom stereocenters. The average molecular weight is 249 g/mol. The van der Waals surface area contributed by atoms with Gasteiger partial charge in [0.1, 0.15) is 0 Å². The highest BCUT2D eigenvalue weighted by Gasteiger charge is 2.14. The number of nitrogens with zero attached hydrogens (tertiary/aromatic N) is 1. The second-order valence-electron chi connectivity index (χ2n) is 3.37. The van der Waals surface area contributed by atoms with E-state index >= 15 is 0 Å². The van der Waals surface area contributed by atoms with E-state index < -0.39 is 10.2 Å². The van der Waals surface area contributed by atoms with Gasteiger partial charge in [0.2, 0.25) is 0 Å². The van der Waals surface area contributed by atoms with Crippen molar-refractivity contribution >= 4 is 27.5 Å². The van der Waals surface area contributed by atoms with Crippen molar-refractivity contribution in [1.82, 2.24) is 4.31 Å². The highest BCUT2D eigenvalue weighted by atomic mass is 35.5. The van der Waals surface area contributed by atoms with Gasteiger partial charge in [0, 0.05) is 14.1 Å². The van der Waals surface area contributed by atoms with Crippen LogP contribution in [0.25, 0.3) is 0 Å². The number of anilines is 1.